The van der Waals surface area contributed by atoms with Crippen LogP contribution in [0.25, 0.3) is 0 Å². The summed E-state index contributed by atoms with van der Waals surface area (Å²) in [6.45, 7) is 0.565. The molecule has 4 nitrogen and oxygen atoms in total. The second kappa shape index (κ2) is 6.03. The first-order valence-corrected chi connectivity index (χ1v) is 4.76. The van der Waals surface area contributed by atoms with Gasteiger partial charge in [0.1, 0.15) is 6.54 Å². The average Bonchev–Trinajstić information content (AvgIpc) is 2.24. The summed E-state index contributed by atoms with van der Waals surface area (Å²) < 4.78 is 4.98. The van der Waals surface area contributed by atoms with Gasteiger partial charge in [-0.2, -0.15) is 0 Å². The Kier molecular flexibility index (Phi) is 4.63. The predicted octanol–water partition coefficient (Wildman–Crippen LogP) is 1.37. The van der Waals surface area contributed by atoms with E-state index in [1.807, 2.05) is 24.3 Å². The van der Waals surface area contributed by atoms with Crippen LogP contribution in [0, 0.1) is 0 Å². The summed E-state index contributed by atoms with van der Waals surface area (Å²) >= 11 is 0. The zero-order valence-corrected chi connectivity index (χ0v) is 8.69. The Hall–Kier alpha value is -1.55. The molecule has 0 atom stereocenters. The van der Waals surface area contributed by atoms with Gasteiger partial charge in [-0.1, -0.05) is 18.2 Å². The molecule has 0 aliphatic heterocycles. The van der Waals surface area contributed by atoms with Crippen molar-refractivity contribution >= 4 is 11.7 Å². The molecule has 0 bridgehead atoms. The molecule has 4 heteroatoms. The Morgan fingerprint density at radius 3 is 2.87 bits per heavy atom. The van der Waals surface area contributed by atoms with E-state index >= 15 is 0 Å². The van der Waals surface area contributed by atoms with Crippen LogP contribution in [0.5, 0.6) is 0 Å². The summed E-state index contributed by atoms with van der Waals surface area (Å²) in [5.41, 5.74) is 1.93. The molecule has 0 aromatic heterocycles. The van der Waals surface area contributed by atoms with Crippen molar-refractivity contribution in [2.24, 2.45) is 0 Å². The smallest absolute Gasteiger partial charge is 0.322 e. The summed E-state index contributed by atoms with van der Waals surface area (Å²) in [4.78, 5) is 10.4. The van der Waals surface area contributed by atoms with Crippen molar-refractivity contribution in [1.29, 1.82) is 0 Å². The van der Waals surface area contributed by atoms with Crippen LogP contribution in [0.3, 0.4) is 0 Å². The van der Waals surface area contributed by atoms with E-state index in [2.05, 4.69) is 5.32 Å². The number of carboxylic acids is 1. The molecule has 2 N–H and O–H groups in total. The van der Waals surface area contributed by atoms with E-state index in [-0.39, 0.29) is 6.54 Å². The lowest BCUT2D eigenvalue weighted by Crippen LogP contribution is -2.13. The number of benzene rings is 1. The van der Waals surface area contributed by atoms with Gasteiger partial charge in [-0.15, -0.1) is 0 Å². The van der Waals surface area contributed by atoms with Crippen molar-refractivity contribution in [3.63, 3.8) is 0 Å². The standard InChI is InChI=1S/C11H15NO3/c1-15-7-6-9-4-2-3-5-10(9)12-8-11(13)14/h2-5,12H,6-8H2,1H3,(H,13,14). The molecule has 0 saturated heterocycles. The highest BCUT2D eigenvalue weighted by atomic mass is 16.5. The highest BCUT2D eigenvalue weighted by molar-refractivity contribution is 5.73. The normalized spacial score (nSPS) is 9.93. The molecule has 0 radical (unpaired) electrons. The quantitative estimate of drug-likeness (QED) is 0.743. The number of para-hydroxylation sites is 1. The van der Waals surface area contributed by atoms with Gasteiger partial charge < -0.3 is 15.2 Å². The number of ether oxygens (including phenoxy) is 1. The lowest BCUT2D eigenvalue weighted by molar-refractivity contribution is -0.134. The number of carboxylic acid groups (broad SMARTS) is 1. The van der Waals surface area contributed by atoms with Crippen LogP contribution in [-0.2, 0) is 16.0 Å². The fourth-order valence-electron chi connectivity index (χ4n) is 1.29. The number of hydrogen-bond donors (Lipinski definition) is 2. The van der Waals surface area contributed by atoms with E-state index in [4.69, 9.17) is 9.84 Å². The van der Waals surface area contributed by atoms with E-state index in [0.717, 1.165) is 17.7 Å². The number of carbonyl (C=O) groups is 1. The van der Waals surface area contributed by atoms with Crippen LogP contribution >= 0.6 is 0 Å². The van der Waals surface area contributed by atoms with Gasteiger partial charge in [-0.05, 0) is 18.1 Å². The Morgan fingerprint density at radius 1 is 1.47 bits per heavy atom. The molecule has 0 aliphatic carbocycles. The summed E-state index contributed by atoms with van der Waals surface area (Å²) in [6.07, 6.45) is 0.777. The minimum absolute atomic E-state index is 0.0655. The van der Waals surface area contributed by atoms with E-state index < -0.39 is 5.97 Å². The van der Waals surface area contributed by atoms with E-state index in [1.165, 1.54) is 0 Å². The van der Waals surface area contributed by atoms with Crippen LogP contribution in [-0.4, -0.2) is 31.3 Å². The number of nitrogens with one attached hydrogen (secondary N) is 1. The minimum atomic E-state index is -0.864. The van der Waals surface area contributed by atoms with E-state index in [1.54, 1.807) is 7.11 Å². The second-order valence-corrected chi connectivity index (χ2v) is 3.15. The fraction of sp³-hybridized carbons (Fsp3) is 0.364. The van der Waals surface area contributed by atoms with Crippen LogP contribution in [0.2, 0.25) is 0 Å². The predicted molar refractivity (Wildman–Crippen MR) is 58.1 cm³/mol. The Balaban J connectivity index is 2.63. The number of aliphatic carboxylic acids is 1. The fourth-order valence-corrected chi connectivity index (χ4v) is 1.29. The van der Waals surface area contributed by atoms with Gasteiger partial charge in [0.05, 0.1) is 6.61 Å². The van der Waals surface area contributed by atoms with Crippen molar-refractivity contribution in [2.75, 3.05) is 25.6 Å². The molecule has 15 heavy (non-hydrogen) atoms. The van der Waals surface area contributed by atoms with Crippen LogP contribution in [0.1, 0.15) is 5.56 Å². The van der Waals surface area contributed by atoms with E-state index in [0.29, 0.717) is 6.61 Å². The lowest BCUT2D eigenvalue weighted by Gasteiger charge is -2.09. The first-order chi connectivity index (χ1) is 7.24. The average molecular weight is 209 g/mol. The molecule has 1 aromatic rings. The molecule has 0 amide bonds. The van der Waals surface area contributed by atoms with Gasteiger partial charge in [0.25, 0.3) is 0 Å². The molecule has 1 rings (SSSR count). The molecule has 0 unspecified atom stereocenters. The van der Waals surface area contributed by atoms with Crippen LogP contribution < -0.4 is 5.32 Å². The summed E-state index contributed by atoms with van der Waals surface area (Å²) in [5, 5.41) is 11.4. The topological polar surface area (TPSA) is 58.6 Å². The van der Waals surface area contributed by atoms with Gasteiger partial charge in [-0.25, -0.2) is 0 Å². The third kappa shape index (κ3) is 3.99. The molecule has 1 aromatic carbocycles. The molecule has 0 aliphatic rings. The van der Waals surface area contributed by atoms with Gasteiger partial charge in [0.15, 0.2) is 0 Å². The Bertz CT molecular complexity index is 325. The Labute approximate surface area is 88.9 Å². The monoisotopic (exact) mass is 209 g/mol. The van der Waals surface area contributed by atoms with Gasteiger partial charge in [0, 0.05) is 12.8 Å². The molecular formula is C11H15NO3. The summed E-state index contributed by atoms with van der Waals surface area (Å²) in [7, 11) is 1.65. The zero-order valence-electron chi connectivity index (χ0n) is 8.69. The second-order valence-electron chi connectivity index (χ2n) is 3.15. The molecule has 0 heterocycles. The molecule has 82 valence electrons. The highest BCUT2D eigenvalue weighted by Crippen LogP contribution is 2.15. The number of methoxy groups -OCH3 is 1. The zero-order chi connectivity index (χ0) is 11.1. The van der Waals surface area contributed by atoms with Gasteiger partial charge >= 0.3 is 5.97 Å². The number of hydrogen-bond acceptors (Lipinski definition) is 3. The molecular weight excluding hydrogens is 194 g/mol. The molecule has 0 fully saturated rings. The minimum Gasteiger partial charge on any atom is -0.480 e. The third-order valence-corrected chi connectivity index (χ3v) is 2.02. The summed E-state index contributed by atoms with van der Waals surface area (Å²) in [6, 6.07) is 7.63. The first kappa shape index (κ1) is 11.5. The highest BCUT2D eigenvalue weighted by Gasteiger charge is 2.02. The van der Waals surface area contributed by atoms with Crippen molar-refractivity contribution < 1.29 is 14.6 Å². The largest absolute Gasteiger partial charge is 0.480 e. The first-order valence-electron chi connectivity index (χ1n) is 4.76. The maximum atomic E-state index is 10.4. The van der Waals surface area contributed by atoms with Crippen molar-refractivity contribution in [3.05, 3.63) is 29.8 Å². The SMILES string of the molecule is COCCc1ccccc1NCC(=O)O. The van der Waals surface area contributed by atoms with Crippen molar-refractivity contribution in [1.82, 2.24) is 0 Å². The van der Waals surface area contributed by atoms with Crippen molar-refractivity contribution in [2.45, 2.75) is 6.42 Å². The molecule has 0 saturated carbocycles. The van der Waals surface area contributed by atoms with Gasteiger partial charge in [0.2, 0.25) is 0 Å². The molecule has 0 spiro atoms. The number of rotatable bonds is 6. The third-order valence-electron chi connectivity index (χ3n) is 2.02. The number of anilines is 1. The van der Waals surface area contributed by atoms with Crippen LogP contribution in [0.4, 0.5) is 5.69 Å². The van der Waals surface area contributed by atoms with Crippen LogP contribution in [0.15, 0.2) is 24.3 Å². The summed E-state index contributed by atoms with van der Waals surface area (Å²) in [5.74, 6) is -0.864. The van der Waals surface area contributed by atoms with Gasteiger partial charge in [-0.3, -0.25) is 4.79 Å². The lowest BCUT2D eigenvalue weighted by atomic mass is 10.1. The maximum Gasteiger partial charge on any atom is 0.322 e. The van der Waals surface area contributed by atoms with Crippen molar-refractivity contribution in [3.8, 4) is 0 Å². The Morgan fingerprint density at radius 2 is 2.20 bits per heavy atom. The van der Waals surface area contributed by atoms with E-state index in [9.17, 15) is 4.79 Å². The maximum absolute atomic E-state index is 10.4.